The van der Waals surface area contributed by atoms with Crippen LogP contribution in [0.2, 0.25) is 0 Å². The molecule has 0 saturated heterocycles. The van der Waals surface area contributed by atoms with Crippen LogP contribution in [0.3, 0.4) is 0 Å². The fraction of sp³-hybridized carbons (Fsp3) is 0.0769. The van der Waals surface area contributed by atoms with Crippen molar-refractivity contribution >= 4 is 17.0 Å². The van der Waals surface area contributed by atoms with Crippen LogP contribution in [0, 0.1) is 5.82 Å². The molecule has 0 aliphatic carbocycles. The zero-order valence-corrected chi connectivity index (χ0v) is 11.3. The highest BCUT2D eigenvalue weighted by molar-refractivity contribution is 7.14. The monoisotopic (exact) mass is 291 g/mol. The number of hydrogen-bond acceptors (Lipinski definition) is 6. The number of ether oxygens (including phenoxy) is 1. The predicted octanol–water partition coefficient (Wildman–Crippen LogP) is 3.20. The third kappa shape index (κ3) is 2.12. The number of nitrogens with two attached hydrogens (primary N) is 1. The third-order valence-electron chi connectivity index (χ3n) is 2.73. The van der Waals surface area contributed by atoms with Gasteiger partial charge in [-0.05, 0) is 29.6 Å². The Hall–Kier alpha value is -2.41. The van der Waals surface area contributed by atoms with Gasteiger partial charge in [0, 0.05) is 5.56 Å². The molecule has 3 aromatic rings. The van der Waals surface area contributed by atoms with Crippen molar-refractivity contribution in [1.29, 1.82) is 0 Å². The molecule has 2 N–H and O–H groups in total. The minimum Gasteiger partial charge on any atom is -0.494 e. The summed E-state index contributed by atoms with van der Waals surface area (Å²) in [6.45, 7) is 0. The summed E-state index contributed by atoms with van der Waals surface area (Å²) in [6.07, 6.45) is 0. The van der Waals surface area contributed by atoms with Gasteiger partial charge in [-0.25, -0.2) is 4.39 Å². The Balaban J connectivity index is 2.00. The average Bonchev–Trinajstić information content (AvgIpc) is 3.08. The van der Waals surface area contributed by atoms with E-state index in [1.807, 2.05) is 5.38 Å². The summed E-state index contributed by atoms with van der Waals surface area (Å²) in [5, 5.41) is 5.72. The Morgan fingerprint density at radius 1 is 1.35 bits per heavy atom. The smallest absolute Gasteiger partial charge is 0.270 e. The van der Waals surface area contributed by atoms with Crippen LogP contribution in [0.4, 0.5) is 10.1 Å². The molecule has 0 bridgehead atoms. The number of halogens is 1. The van der Waals surface area contributed by atoms with Crippen molar-refractivity contribution in [3.05, 3.63) is 35.5 Å². The van der Waals surface area contributed by atoms with E-state index in [1.165, 1.54) is 30.6 Å². The fourth-order valence-corrected chi connectivity index (χ4v) is 2.46. The van der Waals surface area contributed by atoms with E-state index >= 15 is 0 Å². The molecular weight excluding hydrogens is 281 g/mol. The van der Waals surface area contributed by atoms with Gasteiger partial charge in [-0.1, -0.05) is 5.16 Å². The van der Waals surface area contributed by atoms with Gasteiger partial charge in [-0.2, -0.15) is 4.98 Å². The fourth-order valence-electron chi connectivity index (χ4n) is 1.72. The molecule has 0 aliphatic rings. The van der Waals surface area contributed by atoms with Gasteiger partial charge < -0.3 is 15.0 Å². The molecule has 2 aromatic heterocycles. The maximum Gasteiger partial charge on any atom is 0.270 e. The molecule has 0 spiro atoms. The maximum absolute atomic E-state index is 13.4. The van der Waals surface area contributed by atoms with Gasteiger partial charge in [0.05, 0.1) is 12.8 Å². The predicted molar refractivity (Wildman–Crippen MR) is 74.0 cm³/mol. The largest absolute Gasteiger partial charge is 0.494 e. The van der Waals surface area contributed by atoms with Crippen molar-refractivity contribution in [2.45, 2.75) is 0 Å². The first-order chi connectivity index (χ1) is 9.69. The van der Waals surface area contributed by atoms with E-state index in [-0.39, 0.29) is 5.75 Å². The van der Waals surface area contributed by atoms with E-state index in [4.69, 9.17) is 15.0 Å². The minimum absolute atomic E-state index is 0.129. The highest BCUT2D eigenvalue weighted by Gasteiger charge is 2.15. The number of methoxy groups -OCH3 is 1. The van der Waals surface area contributed by atoms with E-state index in [0.29, 0.717) is 23.0 Å². The highest BCUT2D eigenvalue weighted by Crippen LogP contribution is 2.32. The lowest BCUT2D eigenvalue weighted by molar-refractivity contribution is 0.386. The van der Waals surface area contributed by atoms with Crippen LogP contribution in [0.15, 0.2) is 34.2 Å². The summed E-state index contributed by atoms with van der Waals surface area (Å²) in [5.74, 6) is 0.383. The van der Waals surface area contributed by atoms with E-state index in [1.54, 1.807) is 12.1 Å². The Labute approximate surface area is 117 Å². The first-order valence-electron chi connectivity index (χ1n) is 5.70. The van der Waals surface area contributed by atoms with Crippen LogP contribution in [0.1, 0.15) is 0 Å². The van der Waals surface area contributed by atoms with Gasteiger partial charge in [0.2, 0.25) is 5.82 Å². The average molecular weight is 291 g/mol. The van der Waals surface area contributed by atoms with E-state index < -0.39 is 5.82 Å². The van der Waals surface area contributed by atoms with Crippen LogP contribution in [0.5, 0.6) is 5.75 Å². The molecular formula is C13H10FN3O2S. The number of benzene rings is 1. The second-order valence-corrected chi connectivity index (χ2v) is 4.89. The number of rotatable bonds is 3. The molecule has 20 heavy (non-hydrogen) atoms. The molecule has 0 unspecified atom stereocenters. The number of nitrogen functional groups attached to an aromatic ring is 1. The highest BCUT2D eigenvalue weighted by atomic mass is 32.1. The molecule has 3 rings (SSSR count). The first-order valence-corrected chi connectivity index (χ1v) is 6.58. The van der Waals surface area contributed by atoms with Gasteiger partial charge in [0.25, 0.3) is 5.89 Å². The summed E-state index contributed by atoms with van der Waals surface area (Å²) in [4.78, 5) is 4.98. The number of thiophene rings is 1. The first kappa shape index (κ1) is 12.6. The molecule has 0 atom stereocenters. The minimum atomic E-state index is -0.442. The lowest BCUT2D eigenvalue weighted by Crippen LogP contribution is -1.89. The second-order valence-electron chi connectivity index (χ2n) is 3.98. The van der Waals surface area contributed by atoms with Crippen LogP contribution >= 0.6 is 11.3 Å². The number of aromatic nitrogens is 2. The summed E-state index contributed by atoms with van der Waals surface area (Å²) in [5.41, 5.74) is 6.99. The summed E-state index contributed by atoms with van der Waals surface area (Å²) in [7, 11) is 1.40. The van der Waals surface area contributed by atoms with Crippen LogP contribution in [-0.2, 0) is 0 Å². The quantitative estimate of drug-likeness (QED) is 0.802. The summed E-state index contributed by atoms with van der Waals surface area (Å²) < 4.78 is 23.5. The van der Waals surface area contributed by atoms with Crippen molar-refractivity contribution in [1.82, 2.24) is 10.1 Å². The zero-order valence-electron chi connectivity index (χ0n) is 10.5. The van der Waals surface area contributed by atoms with Gasteiger partial charge in [0.1, 0.15) is 4.88 Å². The van der Waals surface area contributed by atoms with E-state index in [9.17, 15) is 4.39 Å². The Morgan fingerprint density at radius 2 is 2.20 bits per heavy atom. The molecule has 7 heteroatoms. The van der Waals surface area contributed by atoms with Gasteiger partial charge in [0.15, 0.2) is 11.6 Å². The number of nitrogens with zero attached hydrogens (tertiary/aromatic N) is 2. The van der Waals surface area contributed by atoms with Crippen LogP contribution < -0.4 is 10.5 Å². The topological polar surface area (TPSA) is 74.2 Å². The number of hydrogen-bond donors (Lipinski definition) is 1. The Kier molecular flexibility index (Phi) is 3.11. The van der Waals surface area contributed by atoms with Crippen LogP contribution in [-0.4, -0.2) is 17.3 Å². The third-order valence-corrected chi connectivity index (χ3v) is 3.64. The molecule has 102 valence electrons. The molecule has 0 amide bonds. The molecule has 0 saturated carbocycles. The SMILES string of the molecule is COc1cc(-c2noc(-c3sccc3N)n2)ccc1F. The molecule has 2 heterocycles. The molecule has 5 nitrogen and oxygen atoms in total. The van der Waals surface area contributed by atoms with Crippen molar-refractivity contribution in [2.24, 2.45) is 0 Å². The zero-order chi connectivity index (χ0) is 14.1. The van der Waals surface area contributed by atoms with Crippen molar-refractivity contribution in [3.63, 3.8) is 0 Å². The molecule has 0 fully saturated rings. The maximum atomic E-state index is 13.4. The molecule has 0 radical (unpaired) electrons. The van der Waals surface area contributed by atoms with E-state index in [0.717, 1.165) is 4.88 Å². The number of anilines is 1. The van der Waals surface area contributed by atoms with Gasteiger partial charge >= 0.3 is 0 Å². The van der Waals surface area contributed by atoms with Gasteiger partial charge in [-0.3, -0.25) is 0 Å². The normalized spacial score (nSPS) is 10.7. The van der Waals surface area contributed by atoms with Gasteiger partial charge in [-0.15, -0.1) is 11.3 Å². The summed E-state index contributed by atoms with van der Waals surface area (Å²) in [6, 6.07) is 6.14. The Morgan fingerprint density at radius 3 is 2.90 bits per heavy atom. The van der Waals surface area contributed by atoms with Crippen molar-refractivity contribution < 1.29 is 13.7 Å². The van der Waals surface area contributed by atoms with Crippen LogP contribution in [0.25, 0.3) is 22.2 Å². The Bertz CT molecular complexity index is 754. The van der Waals surface area contributed by atoms with E-state index in [2.05, 4.69) is 10.1 Å². The standard InChI is InChI=1S/C13H10FN3O2S/c1-18-10-6-7(2-3-8(10)14)12-16-13(19-17-12)11-9(15)4-5-20-11/h2-6H,15H2,1H3. The lowest BCUT2D eigenvalue weighted by atomic mass is 10.2. The second kappa shape index (κ2) is 4.93. The molecule has 0 aliphatic heterocycles. The van der Waals surface area contributed by atoms with Crippen molar-refractivity contribution in [3.8, 4) is 27.9 Å². The lowest BCUT2D eigenvalue weighted by Gasteiger charge is -2.02. The summed E-state index contributed by atoms with van der Waals surface area (Å²) >= 11 is 1.42. The van der Waals surface area contributed by atoms with Crippen molar-refractivity contribution in [2.75, 3.05) is 12.8 Å². The molecule has 1 aromatic carbocycles.